The van der Waals surface area contributed by atoms with Gasteiger partial charge in [0.15, 0.2) is 0 Å². The molecule has 3 aliphatic carbocycles. The van der Waals surface area contributed by atoms with Crippen LogP contribution in [0.4, 0.5) is 0 Å². The average molecular weight is 136 g/mol. The number of rotatable bonds is 2. The van der Waals surface area contributed by atoms with Crippen molar-refractivity contribution >= 4 is 0 Å². The van der Waals surface area contributed by atoms with E-state index in [0.29, 0.717) is 0 Å². The summed E-state index contributed by atoms with van der Waals surface area (Å²) < 4.78 is 0. The van der Waals surface area contributed by atoms with Crippen LogP contribution in [-0.4, -0.2) is 0 Å². The van der Waals surface area contributed by atoms with E-state index >= 15 is 0 Å². The maximum Gasteiger partial charge on any atom is -0.0232 e. The molecule has 56 valence electrons. The second-order valence-electron chi connectivity index (χ2n) is 4.65. The van der Waals surface area contributed by atoms with E-state index < -0.39 is 0 Å². The molecule has 3 rings (SSSR count). The zero-order valence-electron chi connectivity index (χ0n) is 6.77. The first-order valence-corrected chi connectivity index (χ1v) is 4.88. The van der Waals surface area contributed by atoms with E-state index in [1.165, 1.54) is 30.6 Å². The lowest BCUT2D eigenvalue weighted by Gasteiger charge is -2.23. The molecule has 3 unspecified atom stereocenters. The van der Waals surface area contributed by atoms with Gasteiger partial charge in [-0.2, -0.15) is 0 Å². The minimum atomic E-state index is 1.000. The number of fused-ring (bicyclic) bond motifs is 3. The molecule has 0 saturated heterocycles. The summed E-state index contributed by atoms with van der Waals surface area (Å²) in [5, 5.41) is 0. The molecule has 0 aromatic rings. The Bertz CT molecular complexity index is 167. The molecule has 0 heteroatoms. The van der Waals surface area contributed by atoms with E-state index in [4.69, 9.17) is 0 Å². The van der Waals surface area contributed by atoms with Crippen molar-refractivity contribution in [2.24, 2.45) is 23.2 Å². The van der Waals surface area contributed by atoms with E-state index in [9.17, 15) is 0 Å². The Morgan fingerprint density at radius 1 is 1.40 bits per heavy atom. The number of hydrogen-bond acceptors (Lipinski definition) is 0. The molecule has 0 heterocycles. The quantitative estimate of drug-likeness (QED) is 0.547. The maximum absolute atomic E-state index is 2.33. The van der Waals surface area contributed by atoms with Gasteiger partial charge in [0.05, 0.1) is 0 Å². The van der Waals surface area contributed by atoms with Crippen LogP contribution >= 0.6 is 0 Å². The molecule has 1 spiro atoms. The van der Waals surface area contributed by atoms with Crippen molar-refractivity contribution < 1.29 is 0 Å². The van der Waals surface area contributed by atoms with E-state index in [0.717, 1.165) is 5.41 Å². The first kappa shape index (κ1) is 5.62. The van der Waals surface area contributed by atoms with E-state index in [2.05, 4.69) is 6.92 Å². The lowest BCUT2D eigenvalue weighted by molar-refractivity contribution is 0.267. The van der Waals surface area contributed by atoms with Crippen molar-refractivity contribution in [3.63, 3.8) is 0 Å². The minimum Gasteiger partial charge on any atom is -0.0654 e. The fraction of sp³-hybridized carbons (Fsp3) is 1.00. The second kappa shape index (κ2) is 1.44. The molecule has 0 aromatic heterocycles. The van der Waals surface area contributed by atoms with Crippen LogP contribution in [0.1, 0.15) is 39.0 Å². The van der Waals surface area contributed by atoms with Crippen LogP contribution < -0.4 is 0 Å². The molecular formula is C10H16. The fourth-order valence-electron chi connectivity index (χ4n) is 3.59. The molecule has 3 atom stereocenters. The molecule has 3 saturated carbocycles. The average Bonchev–Trinajstić information content (AvgIpc) is 2.69. The summed E-state index contributed by atoms with van der Waals surface area (Å²) in [6.07, 6.45) is 7.76. The van der Waals surface area contributed by atoms with Gasteiger partial charge in [0.1, 0.15) is 0 Å². The van der Waals surface area contributed by atoms with Crippen molar-refractivity contribution in [3.05, 3.63) is 0 Å². The van der Waals surface area contributed by atoms with Crippen molar-refractivity contribution in [2.45, 2.75) is 39.0 Å². The van der Waals surface area contributed by atoms with Crippen LogP contribution in [-0.2, 0) is 0 Å². The lowest BCUT2D eigenvalue weighted by atomic mass is 9.82. The van der Waals surface area contributed by atoms with Gasteiger partial charge in [-0.1, -0.05) is 19.8 Å². The predicted octanol–water partition coefficient (Wildman–Crippen LogP) is 2.83. The summed E-state index contributed by atoms with van der Waals surface area (Å²) in [7, 11) is 0. The topological polar surface area (TPSA) is 0 Å². The van der Waals surface area contributed by atoms with Gasteiger partial charge >= 0.3 is 0 Å². The van der Waals surface area contributed by atoms with Gasteiger partial charge in [-0.05, 0) is 42.4 Å². The minimum absolute atomic E-state index is 1.000. The Morgan fingerprint density at radius 3 is 2.70 bits per heavy atom. The molecule has 10 heavy (non-hydrogen) atoms. The molecule has 3 aliphatic rings. The maximum atomic E-state index is 2.33. The van der Waals surface area contributed by atoms with E-state index in [1.807, 2.05) is 0 Å². The van der Waals surface area contributed by atoms with Gasteiger partial charge < -0.3 is 0 Å². The van der Waals surface area contributed by atoms with Crippen LogP contribution in [0.2, 0.25) is 0 Å². The Hall–Kier alpha value is 0. The molecule has 0 bridgehead atoms. The Labute approximate surface area is 63.0 Å². The third kappa shape index (κ3) is 0.436. The molecule has 0 amide bonds. The van der Waals surface area contributed by atoms with Crippen LogP contribution in [0.5, 0.6) is 0 Å². The SMILES string of the molecule is CCCC1CC2C1C21CC1. The Kier molecular flexibility index (Phi) is 0.810. The monoisotopic (exact) mass is 136 g/mol. The molecule has 0 nitrogen and oxygen atoms in total. The van der Waals surface area contributed by atoms with E-state index in [-0.39, 0.29) is 0 Å². The summed E-state index contributed by atoms with van der Waals surface area (Å²) in [6, 6.07) is 0. The highest BCUT2D eigenvalue weighted by Crippen LogP contribution is 2.85. The van der Waals surface area contributed by atoms with Crippen LogP contribution in [0, 0.1) is 23.2 Å². The van der Waals surface area contributed by atoms with Gasteiger partial charge in [0, 0.05) is 0 Å². The van der Waals surface area contributed by atoms with Gasteiger partial charge in [-0.25, -0.2) is 0 Å². The largest absolute Gasteiger partial charge is 0.0654 e. The Morgan fingerprint density at radius 2 is 2.20 bits per heavy atom. The second-order valence-corrected chi connectivity index (χ2v) is 4.65. The highest BCUT2D eigenvalue weighted by atomic mass is 14.8. The molecule has 0 radical (unpaired) electrons. The Balaban J connectivity index is 1.66. The molecule has 0 N–H and O–H groups in total. The summed E-state index contributed by atoms with van der Waals surface area (Å²) in [6.45, 7) is 2.33. The van der Waals surface area contributed by atoms with Gasteiger partial charge in [-0.3, -0.25) is 0 Å². The standard InChI is InChI=1S/C10H16/c1-2-3-7-6-8-9(7)10(8)4-5-10/h7-9H,2-6H2,1H3. The molecule has 3 fully saturated rings. The number of hydrogen-bond donors (Lipinski definition) is 0. The molecule has 0 aromatic carbocycles. The third-order valence-electron chi connectivity index (χ3n) is 4.28. The fourth-order valence-corrected chi connectivity index (χ4v) is 3.59. The van der Waals surface area contributed by atoms with Crippen LogP contribution in [0.25, 0.3) is 0 Å². The summed E-state index contributed by atoms with van der Waals surface area (Å²) in [5.41, 5.74) is 1.000. The van der Waals surface area contributed by atoms with E-state index in [1.54, 1.807) is 19.3 Å². The van der Waals surface area contributed by atoms with Crippen molar-refractivity contribution in [3.8, 4) is 0 Å². The van der Waals surface area contributed by atoms with Gasteiger partial charge in [-0.15, -0.1) is 0 Å². The van der Waals surface area contributed by atoms with Gasteiger partial charge in [0.25, 0.3) is 0 Å². The zero-order chi connectivity index (χ0) is 6.77. The highest BCUT2D eigenvalue weighted by molar-refractivity contribution is 5.26. The molecule has 0 aliphatic heterocycles. The van der Waals surface area contributed by atoms with Crippen LogP contribution in [0.3, 0.4) is 0 Å². The zero-order valence-corrected chi connectivity index (χ0v) is 6.77. The van der Waals surface area contributed by atoms with Crippen molar-refractivity contribution in [1.82, 2.24) is 0 Å². The van der Waals surface area contributed by atoms with Crippen molar-refractivity contribution in [1.29, 1.82) is 0 Å². The third-order valence-corrected chi connectivity index (χ3v) is 4.28. The first-order chi connectivity index (χ1) is 4.88. The van der Waals surface area contributed by atoms with Crippen LogP contribution in [0.15, 0.2) is 0 Å². The smallest absolute Gasteiger partial charge is 0.0232 e. The van der Waals surface area contributed by atoms with Gasteiger partial charge in [0.2, 0.25) is 0 Å². The molecular weight excluding hydrogens is 120 g/mol. The normalized spacial score (nSPS) is 51.9. The lowest BCUT2D eigenvalue weighted by Crippen LogP contribution is -2.14. The first-order valence-electron chi connectivity index (χ1n) is 4.88. The predicted molar refractivity (Wildman–Crippen MR) is 41.7 cm³/mol. The summed E-state index contributed by atoms with van der Waals surface area (Å²) in [4.78, 5) is 0. The van der Waals surface area contributed by atoms with Crippen molar-refractivity contribution in [2.75, 3.05) is 0 Å². The highest BCUT2D eigenvalue weighted by Gasteiger charge is 2.78. The summed E-state index contributed by atoms with van der Waals surface area (Å²) >= 11 is 0. The summed E-state index contributed by atoms with van der Waals surface area (Å²) in [5.74, 6) is 3.66.